The molecule has 0 bridgehead atoms. The van der Waals surface area contributed by atoms with Crippen LogP contribution in [0.1, 0.15) is 29.2 Å². The van der Waals surface area contributed by atoms with Crippen LogP contribution < -0.4 is 5.32 Å². The maximum Gasteiger partial charge on any atom is 0.130 e. The van der Waals surface area contributed by atoms with Gasteiger partial charge in [-0.15, -0.1) is 0 Å². The molecule has 1 aliphatic rings. The van der Waals surface area contributed by atoms with Crippen LogP contribution in [-0.4, -0.2) is 23.6 Å². The first-order valence-corrected chi connectivity index (χ1v) is 5.31. The molecule has 0 fully saturated rings. The third-order valence-electron chi connectivity index (χ3n) is 2.78. The van der Waals surface area contributed by atoms with E-state index in [2.05, 4.69) is 22.2 Å². The Labute approximate surface area is 85.0 Å². The molecule has 1 aromatic rings. The fraction of sp³-hybridized carbons (Fsp3) is 0.636. The van der Waals surface area contributed by atoms with Crippen LogP contribution in [0.15, 0.2) is 0 Å². The SMILES string of the molecule is CNCCc1nc(C)c2c(n1)CCC2. The van der Waals surface area contributed by atoms with E-state index in [1.165, 1.54) is 29.8 Å². The van der Waals surface area contributed by atoms with Crippen molar-refractivity contribution in [3.05, 3.63) is 22.8 Å². The Bertz CT molecular complexity index is 334. The van der Waals surface area contributed by atoms with Crippen molar-refractivity contribution in [1.29, 1.82) is 0 Å². The van der Waals surface area contributed by atoms with Gasteiger partial charge in [0.2, 0.25) is 0 Å². The number of rotatable bonds is 3. The molecule has 0 atom stereocenters. The van der Waals surface area contributed by atoms with Crippen molar-refractivity contribution >= 4 is 0 Å². The number of hydrogen-bond acceptors (Lipinski definition) is 3. The van der Waals surface area contributed by atoms with Gasteiger partial charge in [0.05, 0.1) is 0 Å². The minimum atomic E-state index is 0.935. The zero-order chi connectivity index (χ0) is 9.97. The summed E-state index contributed by atoms with van der Waals surface area (Å²) in [6, 6.07) is 0. The first kappa shape index (κ1) is 9.59. The number of nitrogens with one attached hydrogen (secondary N) is 1. The van der Waals surface area contributed by atoms with Gasteiger partial charge in [-0.2, -0.15) is 0 Å². The fourth-order valence-electron chi connectivity index (χ4n) is 2.03. The van der Waals surface area contributed by atoms with Crippen LogP contribution >= 0.6 is 0 Å². The lowest BCUT2D eigenvalue weighted by Crippen LogP contribution is -2.13. The number of nitrogens with zero attached hydrogens (tertiary/aromatic N) is 2. The Morgan fingerprint density at radius 3 is 2.93 bits per heavy atom. The number of fused-ring (bicyclic) bond motifs is 1. The molecular formula is C11H17N3. The summed E-state index contributed by atoms with van der Waals surface area (Å²) in [7, 11) is 1.96. The average molecular weight is 191 g/mol. The molecule has 0 saturated heterocycles. The highest BCUT2D eigenvalue weighted by Crippen LogP contribution is 2.22. The molecular weight excluding hydrogens is 174 g/mol. The van der Waals surface area contributed by atoms with E-state index in [4.69, 9.17) is 0 Å². The Hall–Kier alpha value is -0.960. The van der Waals surface area contributed by atoms with Crippen molar-refractivity contribution in [3.63, 3.8) is 0 Å². The van der Waals surface area contributed by atoms with Crippen LogP contribution in [0.4, 0.5) is 0 Å². The summed E-state index contributed by atoms with van der Waals surface area (Å²) in [6.07, 6.45) is 4.50. The molecule has 0 aromatic carbocycles. The molecule has 1 aliphatic carbocycles. The zero-order valence-electron chi connectivity index (χ0n) is 8.93. The molecule has 76 valence electrons. The lowest BCUT2D eigenvalue weighted by molar-refractivity contribution is 0.744. The summed E-state index contributed by atoms with van der Waals surface area (Å²) in [5, 5.41) is 3.12. The molecule has 0 radical (unpaired) electrons. The lowest BCUT2D eigenvalue weighted by Gasteiger charge is -2.06. The molecule has 1 heterocycles. The van der Waals surface area contributed by atoms with Gasteiger partial charge in [0, 0.05) is 24.4 Å². The van der Waals surface area contributed by atoms with E-state index in [0.717, 1.165) is 25.2 Å². The topological polar surface area (TPSA) is 37.8 Å². The summed E-state index contributed by atoms with van der Waals surface area (Å²) in [5.41, 5.74) is 3.89. The molecule has 2 rings (SSSR count). The number of aromatic nitrogens is 2. The predicted octanol–water partition coefficient (Wildman–Crippen LogP) is 1.04. The van der Waals surface area contributed by atoms with Gasteiger partial charge in [0.1, 0.15) is 5.82 Å². The normalized spacial score (nSPS) is 14.4. The van der Waals surface area contributed by atoms with Gasteiger partial charge in [-0.05, 0) is 38.8 Å². The Balaban J connectivity index is 2.23. The monoisotopic (exact) mass is 191 g/mol. The highest BCUT2D eigenvalue weighted by Gasteiger charge is 2.16. The van der Waals surface area contributed by atoms with Gasteiger partial charge in [0.25, 0.3) is 0 Å². The van der Waals surface area contributed by atoms with Crippen LogP contribution in [-0.2, 0) is 19.3 Å². The Kier molecular flexibility index (Phi) is 2.77. The molecule has 1 N–H and O–H groups in total. The highest BCUT2D eigenvalue weighted by atomic mass is 14.9. The van der Waals surface area contributed by atoms with Crippen LogP contribution in [0.2, 0.25) is 0 Å². The van der Waals surface area contributed by atoms with Crippen LogP contribution in [0.5, 0.6) is 0 Å². The van der Waals surface area contributed by atoms with Crippen molar-refractivity contribution in [3.8, 4) is 0 Å². The smallest absolute Gasteiger partial charge is 0.130 e. The summed E-state index contributed by atoms with van der Waals surface area (Å²) < 4.78 is 0. The minimum absolute atomic E-state index is 0.935. The second-order valence-electron chi connectivity index (χ2n) is 3.86. The standard InChI is InChI=1S/C11H17N3/c1-8-9-4-3-5-10(9)14-11(13-8)6-7-12-2/h12H,3-7H2,1-2H3. The van der Waals surface area contributed by atoms with Crippen LogP contribution in [0.25, 0.3) is 0 Å². The third-order valence-corrected chi connectivity index (χ3v) is 2.78. The van der Waals surface area contributed by atoms with Crippen molar-refractivity contribution in [2.75, 3.05) is 13.6 Å². The molecule has 0 aliphatic heterocycles. The van der Waals surface area contributed by atoms with Crippen LogP contribution in [0.3, 0.4) is 0 Å². The molecule has 14 heavy (non-hydrogen) atoms. The lowest BCUT2D eigenvalue weighted by atomic mass is 10.2. The van der Waals surface area contributed by atoms with Crippen molar-refractivity contribution in [2.45, 2.75) is 32.6 Å². The van der Waals surface area contributed by atoms with Gasteiger partial charge in [-0.3, -0.25) is 0 Å². The molecule has 3 nitrogen and oxygen atoms in total. The van der Waals surface area contributed by atoms with E-state index >= 15 is 0 Å². The van der Waals surface area contributed by atoms with Crippen LogP contribution in [0, 0.1) is 6.92 Å². The largest absolute Gasteiger partial charge is 0.319 e. The van der Waals surface area contributed by atoms with E-state index in [-0.39, 0.29) is 0 Å². The van der Waals surface area contributed by atoms with Gasteiger partial charge >= 0.3 is 0 Å². The van der Waals surface area contributed by atoms with E-state index < -0.39 is 0 Å². The summed E-state index contributed by atoms with van der Waals surface area (Å²) >= 11 is 0. The Morgan fingerprint density at radius 2 is 2.14 bits per heavy atom. The molecule has 0 amide bonds. The van der Waals surface area contributed by atoms with Gasteiger partial charge in [0.15, 0.2) is 0 Å². The maximum absolute atomic E-state index is 4.60. The molecule has 0 saturated carbocycles. The van der Waals surface area contributed by atoms with E-state index in [1.807, 2.05) is 7.05 Å². The number of aryl methyl sites for hydroxylation is 2. The zero-order valence-corrected chi connectivity index (χ0v) is 8.93. The third kappa shape index (κ3) is 1.77. The first-order chi connectivity index (χ1) is 6.81. The number of hydrogen-bond donors (Lipinski definition) is 1. The highest BCUT2D eigenvalue weighted by molar-refractivity contribution is 5.29. The van der Waals surface area contributed by atoms with E-state index in [1.54, 1.807) is 0 Å². The summed E-state index contributed by atoms with van der Waals surface area (Å²) in [6.45, 7) is 3.06. The Morgan fingerprint density at radius 1 is 1.29 bits per heavy atom. The van der Waals surface area contributed by atoms with E-state index in [9.17, 15) is 0 Å². The fourth-order valence-corrected chi connectivity index (χ4v) is 2.03. The first-order valence-electron chi connectivity index (χ1n) is 5.31. The second-order valence-corrected chi connectivity index (χ2v) is 3.86. The van der Waals surface area contributed by atoms with E-state index in [0.29, 0.717) is 0 Å². The maximum atomic E-state index is 4.60. The average Bonchev–Trinajstić information content (AvgIpc) is 2.63. The predicted molar refractivity (Wildman–Crippen MR) is 56.4 cm³/mol. The van der Waals surface area contributed by atoms with Crippen molar-refractivity contribution in [1.82, 2.24) is 15.3 Å². The molecule has 3 heteroatoms. The van der Waals surface area contributed by atoms with Crippen molar-refractivity contribution < 1.29 is 0 Å². The second kappa shape index (κ2) is 4.05. The van der Waals surface area contributed by atoms with Gasteiger partial charge in [-0.25, -0.2) is 9.97 Å². The van der Waals surface area contributed by atoms with Gasteiger partial charge in [-0.1, -0.05) is 0 Å². The minimum Gasteiger partial charge on any atom is -0.319 e. The molecule has 1 aromatic heterocycles. The van der Waals surface area contributed by atoms with Crippen molar-refractivity contribution in [2.24, 2.45) is 0 Å². The number of likely N-dealkylation sites (N-methyl/N-ethyl adjacent to an activating group) is 1. The summed E-state index contributed by atoms with van der Waals surface area (Å²) in [5.74, 6) is 0.998. The molecule has 0 spiro atoms. The summed E-state index contributed by atoms with van der Waals surface area (Å²) in [4.78, 5) is 9.13. The quantitative estimate of drug-likeness (QED) is 0.775. The molecule has 0 unspecified atom stereocenters. The van der Waals surface area contributed by atoms with Gasteiger partial charge < -0.3 is 5.32 Å².